The predicted octanol–water partition coefficient (Wildman–Crippen LogP) is 6.44. The van der Waals surface area contributed by atoms with Crippen LogP contribution in [0.5, 0.6) is 23.0 Å². The minimum absolute atomic E-state index is 0.0411. The predicted molar refractivity (Wildman–Crippen MR) is 88.8 cm³/mol. The molecule has 0 atom stereocenters. The number of halogens is 4. The highest BCUT2D eigenvalue weighted by molar-refractivity contribution is 5.43. The molecule has 0 aromatic heterocycles. The molecule has 3 aromatic rings. The molecule has 0 amide bonds. The highest BCUT2D eigenvalue weighted by Crippen LogP contribution is 2.38. The van der Waals surface area contributed by atoms with Crippen molar-refractivity contribution in [3.63, 3.8) is 0 Å². The summed E-state index contributed by atoms with van der Waals surface area (Å²) in [5.74, 6) is -8.95. The second-order valence-electron chi connectivity index (χ2n) is 5.74. The van der Waals surface area contributed by atoms with Gasteiger partial charge in [-0.15, -0.1) is 0 Å². The molecular weight excluding hydrogens is 348 g/mol. The van der Waals surface area contributed by atoms with Crippen molar-refractivity contribution >= 4 is 0 Å². The molecule has 0 bridgehead atoms. The van der Waals surface area contributed by atoms with Crippen molar-refractivity contribution < 1.29 is 27.0 Å². The third kappa shape index (κ3) is 3.49. The Bertz CT molecular complexity index is 828. The summed E-state index contributed by atoms with van der Waals surface area (Å²) >= 11 is 0. The largest absolute Gasteiger partial charge is 0.451 e. The van der Waals surface area contributed by atoms with Crippen LogP contribution >= 0.6 is 0 Å². The van der Waals surface area contributed by atoms with Crippen molar-refractivity contribution in [2.75, 3.05) is 0 Å². The maximum atomic E-state index is 14.2. The van der Waals surface area contributed by atoms with Crippen molar-refractivity contribution in [1.29, 1.82) is 0 Å². The molecule has 0 fully saturated rings. The number of ether oxygens (including phenoxy) is 2. The maximum Gasteiger partial charge on any atom is 0.208 e. The van der Waals surface area contributed by atoms with Crippen LogP contribution in [0.2, 0.25) is 0 Å². The lowest BCUT2D eigenvalue weighted by atomic mass is 10.2. The third-order valence-corrected chi connectivity index (χ3v) is 3.66. The first kappa shape index (κ1) is 17.8. The van der Waals surface area contributed by atoms with Gasteiger partial charge in [-0.1, -0.05) is 35.4 Å². The van der Waals surface area contributed by atoms with Gasteiger partial charge in [-0.05, 0) is 38.1 Å². The van der Waals surface area contributed by atoms with Gasteiger partial charge in [0.05, 0.1) is 0 Å². The van der Waals surface area contributed by atoms with E-state index in [9.17, 15) is 17.6 Å². The van der Waals surface area contributed by atoms with Crippen LogP contribution < -0.4 is 9.47 Å². The summed E-state index contributed by atoms with van der Waals surface area (Å²) in [6, 6.07) is 12.3. The molecule has 6 heteroatoms. The first-order valence-electron chi connectivity index (χ1n) is 7.72. The van der Waals surface area contributed by atoms with Crippen LogP contribution in [-0.4, -0.2) is 0 Å². The number of hydrogen-bond acceptors (Lipinski definition) is 2. The summed E-state index contributed by atoms with van der Waals surface area (Å²) in [7, 11) is 0. The summed E-state index contributed by atoms with van der Waals surface area (Å²) in [5.41, 5.74) is 1.77. The minimum atomic E-state index is -1.67. The SMILES string of the molecule is Cc1ccc(Oc2c(F)c(F)c(Oc3ccc(C)cc3)c(F)c2F)cc1. The molecule has 134 valence electrons. The van der Waals surface area contributed by atoms with Crippen LogP contribution in [0.1, 0.15) is 11.1 Å². The van der Waals surface area contributed by atoms with Crippen molar-refractivity contribution in [2.45, 2.75) is 13.8 Å². The molecule has 0 spiro atoms. The molecule has 3 rings (SSSR count). The van der Waals surface area contributed by atoms with Gasteiger partial charge in [0.1, 0.15) is 11.5 Å². The van der Waals surface area contributed by atoms with Crippen LogP contribution in [0.25, 0.3) is 0 Å². The Kier molecular flexibility index (Phi) is 4.84. The van der Waals surface area contributed by atoms with E-state index in [-0.39, 0.29) is 11.5 Å². The number of aryl methyl sites for hydroxylation is 2. The standard InChI is InChI=1S/C20H14F4O2/c1-11-3-7-13(8-4-11)25-19-15(21)17(23)20(18(24)16(19)22)26-14-9-5-12(2)6-10-14/h3-10H,1-2H3. The summed E-state index contributed by atoms with van der Waals surface area (Å²) in [4.78, 5) is 0. The summed E-state index contributed by atoms with van der Waals surface area (Å²) in [5, 5.41) is 0. The zero-order chi connectivity index (χ0) is 18.8. The maximum absolute atomic E-state index is 14.2. The van der Waals surface area contributed by atoms with Crippen molar-refractivity contribution in [3.05, 3.63) is 82.9 Å². The lowest BCUT2D eigenvalue weighted by molar-refractivity contribution is 0.330. The second kappa shape index (κ2) is 7.07. The van der Waals surface area contributed by atoms with Gasteiger partial charge in [0.2, 0.25) is 34.8 Å². The van der Waals surface area contributed by atoms with Crippen molar-refractivity contribution in [2.24, 2.45) is 0 Å². The fourth-order valence-electron chi connectivity index (χ4n) is 2.22. The molecule has 0 heterocycles. The Morgan fingerprint density at radius 1 is 0.500 bits per heavy atom. The van der Waals surface area contributed by atoms with Gasteiger partial charge in [-0.2, -0.15) is 17.6 Å². The molecule has 0 N–H and O–H groups in total. The van der Waals surface area contributed by atoms with Gasteiger partial charge in [0.25, 0.3) is 0 Å². The Morgan fingerprint density at radius 2 is 0.769 bits per heavy atom. The number of rotatable bonds is 4. The molecule has 0 aliphatic heterocycles. The van der Waals surface area contributed by atoms with E-state index < -0.39 is 34.8 Å². The van der Waals surface area contributed by atoms with E-state index >= 15 is 0 Å². The smallest absolute Gasteiger partial charge is 0.208 e. The topological polar surface area (TPSA) is 18.5 Å². The Morgan fingerprint density at radius 3 is 1.04 bits per heavy atom. The van der Waals surface area contributed by atoms with Gasteiger partial charge in [-0.3, -0.25) is 0 Å². The average Bonchev–Trinajstić information content (AvgIpc) is 2.64. The molecule has 2 nitrogen and oxygen atoms in total. The highest BCUT2D eigenvalue weighted by atomic mass is 19.2. The number of benzene rings is 3. The Labute approximate surface area is 147 Å². The van der Waals surface area contributed by atoms with Gasteiger partial charge >= 0.3 is 0 Å². The average molecular weight is 362 g/mol. The summed E-state index contributed by atoms with van der Waals surface area (Å²) in [6.45, 7) is 3.61. The van der Waals surface area contributed by atoms with Crippen LogP contribution in [0.3, 0.4) is 0 Å². The highest BCUT2D eigenvalue weighted by Gasteiger charge is 2.29. The molecule has 26 heavy (non-hydrogen) atoms. The van der Waals surface area contributed by atoms with E-state index in [4.69, 9.17) is 9.47 Å². The lowest BCUT2D eigenvalue weighted by Gasteiger charge is -2.13. The zero-order valence-corrected chi connectivity index (χ0v) is 13.9. The fourth-order valence-corrected chi connectivity index (χ4v) is 2.22. The van der Waals surface area contributed by atoms with Crippen LogP contribution in [0.4, 0.5) is 17.6 Å². The molecule has 0 aliphatic rings. The van der Waals surface area contributed by atoms with Gasteiger partial charge < -0.3 is 9.47 Å². The molecule has 0 unspecified atom stereocenters. The van der Waals surface area contributed by atoms with Crippen LogP contribution in [0.15, 0.2) is 48.5 Å². The third-order valence-electron chi connectivity index (χ3n) is 3.66. The van der Waals surface area contributed by atoms with E-state index in [2.05, 4.69) is 0 Å². The van der Waals surface area contributed by atoms with Gasteiger partial charge in [0.15, 0.2) is 0 Å². The van der Waals surface area contributed by atoms with E-state index in [1.54, 1.807) is 24.3 Å². The quantitative estimate of drug-likeness (QED) is 0.392. The van der Waals surface area contributed by atoms with Gasteiger partial charge in [0, 0.05) is 0 Å². The van der Waals surface area contributed by atoms with Crippen LogP contribution in [-0.2, 0) is 0 Å². The Balaban J connectivity index is 1.98. The minimum Gasteiger partial charge on any atom is -0.451 e. The zero-order valence-electron chi connectivity index (χ0n) is 13.9. The summed E-state index contributed by atoms with van der Waals surface area (Å²) in [6.07, 6.45) is 0. The molecule has 0 saturated heterocycles. The van der Waals surface area contributed by atoms with E-state index in [0.29, 0.717) is 0 Å². The molecule has 3 aromatic carbocycles. The first-order valence-corrected chi connectivity index (χ1v) is 7.72. The Hall–Kier alpha value is -3.02. The van der Waals surface area contributed by atoms with Crippen molar-refractivity contribution in [1.82, 2.24) is 0 Å². The van der Waals surface area contributed by atoms with E-state index in [0.717, 1.165) is 11.1 Å². The van der Waals surface area contributed by atoms with Crippen LogP contribution in [0, 0.1) is 37.1 Å². The number of hydrogen-bond donors (Lipinski definition) is 0. The first-order chi connectivity index (χ1) is 12.4. The molecule has 0 aliphatic carbocycles. The van der Waals surface area contributed by atoms with Gasteiger partial charge in [-0.25, -0.2) is 0 Å². The molecule has 0 saturated carbocycles. The van der Waals surface area contributed by atoms with E-state index in [1.807, 2.05) is 13.8 Å². The monoisotopic (exact) mass is 362 g/mol. The fraction of sp³-hybridized carbons (Fsp3) is 0.100. The second-order valence-corrected chi connectivity index (χ2v) is 5.74. The lowest BCUT2D eigenvalue weighted by Crippen LogP contribution is -2.04. The van der Waals surface area contributed by atoms with E-state index in [1.165, 1.54) is 24.3 Å². The molecular formula is C20H14F4O2. The molecule has 0 radical (unpaired) electrons. The summed E-state index contributed by atoms with van der Waals surface area (Å²) < 4.78 is 67.0. The normalized spacial score (nSPS) is 10.7. The van der Waals surface area contributed by atoms with Crippen molar-refractivity contribution in [3.8, 4) is 23.0 Å².